The molecule has 27 heavy (non-hydrogen) atoms. The Bertz CT molecular complexity index is 1230. The van der Waals surface area contributed by atoms with E-state index in [0.717, 1.165) is 21.8 Å². The molecular weight excluding hydrogens is 360 g/mol. The molecule has 0 atom stereocenters. The van der Waals surface area contributed by atoms with E-state index in [9.17, 15) is 9.59 Å². The van der Waals surface area contributed by atoms with Crippen LogP contribution in [-0.2, 0) is 11.3 Å². The highest BCUT2D eigenvalue weighted by Gasteiger charge is 2.15. The van der Waals surface area contributed by atoms with E-state index in [2.05, 4.69) is 10.4 Å². The zero-order valence-corrected chi connectivity index (χ0v) is 15.8. The SMILES string of the molecule is CSc1ccccc1NC(=O)Cn1c(=O)c2ccccc2n2nc(C)cc12. The first-order valence-corrected chi connectivity index (χ1v) is 9.72. The molecule has 0 bridgehead atoms. The normalized spacial score (nSPS) is 11.2. The maximum atomic E-state index is 13.0. The number of carbonyl (C=O) groups excluding carboxylic acids is 1. The van der Waals surface area contributed by atoms with Crippen LogP contribution in [0.3, 0.4) is 0 Å². The van der Waals surface area contributed by atoms with Crippen molar-refractivity contribution in [1.29, 1.82) is 0 Å². The largest absolute Gasteiger partial charge is 0.324 e. The lowest BCUT2D eigenvalue weighted by Crippen LogP contribution is -2.29. The fraction of sp³-hybridized carbons (Fsp3) is 0.150. The zero-order valence-electron chi connectivity index (χ0n) is 15.0. The fourth-order valence-electron chi connectivity index (χ4n) is 3.18. The van der Waals surface area contributed by atoms with Gasteiger partial charge in [-0.25, -0.2) is 4.52 Å². The van der Waals surface area contributed by atoms with Crippen LogP contribution in [0, 0.1) is 6.92 Å². The first kappa shape index (κ1) is 17.4. The molecule has 4 aromatic rings. The lowest BCUT2D eigenvalue weighted by molar-refractivity contribution is -0.116. The Kier molecular flexibility index (Phi) is 4.45. The predicted molar refractivity (Wildman–Crippen MR) is 109 cm³/mol. The highest BCUT2D eigenvalue weighted by atomic mass is 32.2. The molecule has 0 radical (unpaired) electrons. The summed E-state index contributed by atoms with van der Waals surface area (Å²) >= 11 is 1.56. The molecule has 1 N–H and O–H groups in total. The van der Waals surface area contributed by atoms with E-state index >= 15 is 0 Å². The molecule has 2 aromatic heterocycles. The Hall–Kier alpha value is -3.06. The average molecular weight is 378 g/mol. The molecule has 6 nitrogen and oxygen atoms in total. The molecule has 0 unspecified atom stereocenters. The summed E-state index contributed by atoms with van der Waals surface area (Å²) in [6.07, 6.45) is 1.96. The first-order valence-electron chi connectivity index (χ1n) is 8.49. The molecular formula is C20H18N4O2S. The average Bonchev–Trinajstić information content (AvgIpc) is 3.07. The van der Waals surface area contributed by atoms with Crippen molar-refractivity contribution in [3.05, 3.63) is 70.6 Å². The number of rotatable bonds is 4. The molecule has 136 valence electrons. The fourth-order valence-corrected chi connectivity index (χ4v) is 3.73. The number of carbonyl (C=O) groups is 1. The molecule has 1 amide bonds. The molecule has 7 heteroatoms. The van der Waals surface area contributed by atoms with Gasteiger partial charge in [0.2, 0.25) is 5.91 Å². The summed E-state index contributed by atoms with van der Waals surface area (Å²) < 4.78 is 3.19. The second kappa shape index (κ2) is 6.92. The van der Waals surface area contributed by atoms with Gasteiger partial charge in [0.15, 0.2) is 0 Å². The Labute approximate surface area is 159 Å². The number of hydrogen-bond donors (Lipinski definition) is 1. The van der Waals surface area contributed by atoms with Gasteiger partial charge < -0.3 is 5.32 Å². The predicted octanol–water partition coefficient (Wildman–Crippen LogP) is 3.32. The number of thioether (sulfide) groups is 1. The lowest BCUT2D eigenvalue weighted by Gasteiger charge is -2.12. The van der Waals surface area contributed by atoms with Gasteiger partial charge in [0.1, 0.15) is 12.2 Å². The van der Waals surface area contributed by atoms with E-state index in [1.807, 2.05) is 61.7 Å². The number of para-hydroxylation sites is 2. The summed E-state index contributed by atoms with van der Waals surface area (Å²) in [5.41, 5.74) is 2.66. The number of aryl methyl sites for hydroxylation is 1. The summed E-state index contributed by atoms with van der Waals surface area (Å²) in [7, 11) is 0. The monoisotopic (exact) mass is 378 g/mol. The van der Waals surface area contributed by atoms with Gasteiger partial charge in [-0.2, -0.15) is 5.10 Å². The number of fused-ring (bicyclic) bond motifs is 3. The van der Waals surface area contributed by atoms with E-state index in [4.69, 9.17) is 0 Å². The second-order valence-corrected chi connectivity index (χ2v) is 7.06. The molecule has 0 aliphatic rings. The van der Waals surface area contributed by atoms with Gasteiger partial charge in [0, 0.05) is 11.0 Å². The summed E-state index contributed by atoms with van der Waals surface area (Å²) in [5.74, 6) is -0.255. The Morgan fingerprint density at radius 3 is 2.70 bits per heavy atom. The van der Waals surface area contributed by atoms with Crippen LogP contribution in [0.2, 0.25) is 0 Å². The van der Waals surface area contributed by atoms with E-state index in [-0.39, 0.29) is 18.0 Å². The summed E-state index contributed by atoms with van der Waals surface area (Å²) in [5, 5.41) is 7.92. The van der Waals surface area contributed by atoms with Crippen molar-refractivity contribution in [3.63, 3.8) is 0 Å². The summed E-state index contributed by atoms with van der Waals surface area (Å²) in [6, 6.07) is 16.7. The Balaban J connectivity index is 1.78. The van der Waals surface area contributed by atoms with Crippen LogP contribution in [0.15, 0.2) is 64.3 Å². The highest BCUT2D eigenvalue weighted by molar-refractivity contribution is 7.98. The second-order valence-electron chi connectivity index (χ2n) is 6.21. The molecule has 4 rings (SSSR count). The van der Waals surface area contributed by atoms with Crippen molar-refractivity contribution < 1.29 is 4.79 Å². The first-order chi connectivity index (χ1) is 13.1. The molecule has 2 heterocycles. The van der Waals surface area contributed by atoms with Crippen LogP contribution in [0.1, 0.15) is 5.69 Å². The van der Waals surface area contributed by atoms with Gasteiger partial charge >= 0.3 is 0 Å². The maximum absolute atomic E-state index is 13.0. The van der Waals surface area contributed by atoms with Gasteiger partial charge in [-0.15, -0.1) is 11.8 Å². The van der Waals surface area contributed by atoms with Crippen LogP contribution in [0.25, 0.3) is 16.6 Å². The minimum absolute atomic E-state index is 0.0823. The van der Waals surface area contributed by atoms with E-state index in [1.165, 1.54) is 4.57 Å². The van der Waals surface area contributed by atoms with Crippen molar-refractivity contribution >= 4 is 39.9 Å². The van der Waals surface area contributed by atoms with Crippen molar-refractivity contribution in [2.45, 2.75) is 18.4 Å². The van der Waals surface area contributed by atoms with Crippen LogP contribution in [-0.4, -0.2) is 26.3 Å². The van der Waals surface area contributed by atoms with Crippen molar-refractivity contribution in [2.75, 3.05) is 11.6 Å². The number of nitrogens with zero attached hydrogens (tertiary/aromatic N) is 3. The maximum Gasteiger partial charge on any atom is 0.262 e. The van der Waals surface area contributed by atoms with Crippen molar-refractivity contribution in [1.82, 2.24) is 14.2 Å². The zero-order chi connectivity index (χ0) is 19.0. The molecule has 0 spiro atoms. The van der Waals surface area contributed by atoms with Crippen molar-refractivity contribution in [3.8, 4) is 0 Å². The van der Waals surface area contributed by atoms with Crippen molar-refractivity contribution in [2.24, 2.45) is 0 Å². The third-order valence-electron chi connectivity index (χ3n) is 4.38. The van der Waals surface area contributed by atoms with E-state index in [1.54, 1.807) is 22.3 Å². The van der Waals surface area contributed by atoms with Crippen LogP contribution >= 0.6 is 11.8 Å². The van der Waals surface area contributed by atoms with Gasteiger partial charge in [-0.3, -0.25) is 14.2 Å². The third-order valence-corrected chi connectivity index (χ3v) is 5.18. The van der Waals surface area contributed by atoms with E-state index < -0.39 is 0 Å². The molecule has 0 aliphatic carbocycles. The van der Waals surface area contributed by atoms with Gasteiger partial charge in [-0.1, -0.05) is 24.3 Å². The van der Waals surface area contributed by atoms with Gasteiger partial charge in [0.25, 0.3) is 5.56 Å². The Morgan fingerprint density at radius 1 is 1.15 bits per heavy atom. The minimum atomic E-state index is -0.255. The Morgan fingerprint density at radius 2 is 1.89 bits per heavy atom. The minimum Gasteiger partial charge on any atom is -0.324 e. The molecule has 0 fully saturated rings. The molecule has 0 saturated heterocycles. The number of anilines is 1. The summed E-state index contributed by atoms with van der Waals surface area (Å²) in [6.45, 7) is 1.78. The lowest BCUT2D eigenvalue weighted by atomic mass is 10.2. The standard InChI is InChI=1S/C20H18N4O2S/c1-13-11-19-23(12-18(25)21-15-8-4-6-10-17(15)27-2)20(26)14-7-3-5-9-16(14)24(19)22-13/h3-11H,12H2,1-2H3,(H,21,25). The number of hydrogen-bond acceptors (Lipinski definition) is 4. The smallest absolute Gasteiger partial charge is 0.262 e. The van der Waals surface area contributed by atoms with Crippen LogP contribution in [0.4, 0.5) is 5.69 Å². The molecule has 2 aromatic carbocycles. The highest BCUT2D eigenvalue weighted by Crippen LogP contribution is 2.24. The van der Waals surface area contributed by atoms with Crippen LogP contribution in [0.5, 0.6) is 0 Å². The summed E-state index contributed by atoms with van der Waals surface area (Å²) in [4.78, 5) is 26.7. The molecule has 0 aliphatic heterocycles. The van der Waals surface area contributed by atoms with Gasteiger partial charge in [-0.05, 0) is 37.4 Å². The number of nitrogens with one attached hydrogen (secondary N) is 1. The van der Waals surface area contributed by atoms with E-state index in [0.29, 0.717) is 11.0 Å². The van der Waals surface area contributed by atoms with Crippen LogP contribution < -0.4 is 10.9 Å². The quantitative estimate of drug-likeness (QED) is 0.553. The van der Waals surface area contributed by atoms with Gasteiger partial charge in [0.05, 0.1) is 22.3 Å². The number of aromatic nitrogens is 3. The molecule has 0 saturated carbocycles. The third kappa shape index (κ3) is 3.10. The number of amides is 1. The topological polar surface area (TPSA) is 68.4 Å². The number of benzene rings is 2.